The second-order valence-corrected chi connectivity index (χ2v) is 4.74. The highest BCUT2D eigenvalue weighted by molar-refractivity contribution is 5.81. The Kier molecular flexibility index (Phi) is 10.4. The second kappa shape index (κ2) is 13.1. The molecule has 0 unspecified atom stereocenters. The number of hydrogen-bond acceptors (Lipinski definition) is 0. The zero-order valence-electron chi connectivity index (χ0n) is 14.0. The molecule has 3 radical (unpaired) electrons. The fourth-order valence-electron chi connectivity index (χ4n) is 1.83. The van der Waals surface area contributed by atoms with E-state index in [2.05, 4.69) is 32.1 Å². The maximum Gasteiger partial charge on any atom is 0.00843 e. The summed E-state index contributed by atoms with van der Waals surface area (Å²) < 4.78 is 0. The van der Waals surface area contributed by atoms with E-state index in [-0.39, 0.29) is 8.41 Å². The van der Waals surface area contributed by atoms with Gasteiger partial charge in [0.25, 0.3) is 0 Å². The molecule has 0 bridgehead atoms. The first-order chi connectivity index (χ1) is 12.0. The highest BCUT2D eigenvalue weighted by atomic mass is 14.6. The Balaban J connectivity index is 0.000000172. The molecule has 0 aliphatic heterocycles. The van der Waals surface area contributed by atoms with Gasteiger partial charge in [-0.1, -0.05) is 24.3 Å². The minimum Gasteiger partial charge on any atom is -0.368 e. The Bertz CT molecular complexity index is 672. The van der Waals surface area contributed by atoms with Gasteiger partial charge in [0.2, 0.25) is 0 Å². The Morgan fingerprint density at radius 3 is 0.960 bits per heavy atom. The van der Waals surface area contributed by atoms with E-state index >= 15 is 0 Å². The van der Waals surface area contributed by atoms with Gasteiger partial charge in [-0.15, -0.1) is 0 Å². The largest absolute Gasteiger partial charge is 0.368 e. The van der Waals surface area contributed by atoms with Crippen molar-refractivity contribution in [3.8, 4) is 0 Å². The van der Waals surface area contributed by atoms with E-state index in [0.717, 1.165) is 0 Å². The van der Waals surface area contributed by atoms with Crippen molar-refractivity contribution in [1.29, 1.82) is 0 Å². The van der Waals surface area contributed by atoms with Crippen LogP contribution in [0.4, 0.5) is 0 Å². The van der Waals surface area contributed by atoms with E-state index in [4.69, 9.17) is 0 Å². The molecule has 0 aliphatic rings. The third-order valence-corrected chi connectivity index (χ3v) is 2.96. The van der Waals surface area contributed by atoms with Gasteiger partial charge in [-0.05, 0) is 47.2 Å². The molecule has 0 saturated heterocycles. The fourth-order valence-corrected chi connectivity index (χ4v) is 1.83. The summed E-state index contributed by atoms with van der Waals surface area (Å²) in [5.41, 5.74) is 0. The molecule has 0 spiro atoms. The number of aromatic nitrogens is 4. The molecule has 0 saturated carbocycles. The minimum absolute atomic E-state index is 0. The molecule has 4 heterocycles. The minimum atomic E-state index is 0. The molecule has 125 valence electrons. The zero-order chi connectivity index (χ0) is 16.7. The van der Waals surface area contributed by atoms with Crippen molar-refractivity contribution in [1.82, 2.24) is 19.9 Å². The molecule has 0 fully saturated rings. The van der Waals surface area contributed by atoms with E-state index in [0.29, 0.717) is 0 Å². The lowest BCUT2D eigenvalue weighted by atomic mass is 10.2. The third kappa shape index (κ3) is 8.76. The van der Waals surface area contributed by atoms with Gasteiger partial charge < -0.3 is 19.9 Å². The summed E-state index contributed by atoms with van der Waals surface area (Å²) in [4.78, 5) is 11.6. The van der Waals surface area contributed by atoms with Gasteiger partial charge in [0, 0.05) is 58.0 Å². The first-order valence-electron chi connectivity index (χ1n) is 7.71. The SMILES string of the molecule is [B].c1cc[nH]c1.c1cc[nH]c1.c1cc[nH]c1.c1ccc2c[nH]cc2c1. The average molecular weight is 329 g/mol. The molecule has 5 heteroatoms. The maximum atomic E-state index is 3.04. The van der Waals surface area contributed by atoms with Crippen molar-refractivity contribution in [2.75, 3.05) is 0 Å². The van der Waals surface area contributed by atoms with E-state index in [9.17, 15) is 0 Å². The number of fused-ring (bicyclic) bond motifs is 1. The van der Waals surface area contributed by atoms with Gasteiger partial charge in [-0.3, -0.25) is 0 Å². The Hall–Kier alpha value is -3.34. The molecule has 4 aromatic heterocycles. The Morgan fingerprint density at radius 2 is 0.720 bits per heavy atom. The van der Waals surface area contributed by atoms with E-state index < -0.39 is 0 Å². The van der Waals surface area contributed by atoms with E-state index in [1.165, 1.54) is 10.8 Å². The predicted octanol–water partition coefficient (Wildman–Crippen LogP) is 4.83. The Morgan fingerprint density at radius 1 is 0.400 bits per heavy atom. The van der Waals surface area contributed by atoms with E-state index in [1.807, 2.05) is 98.1 Å². The van der Waals surface area contributed by atoms with Crippen LogP contribution in [0, 0.1) is 0 Å². The van der Waals surface area contributed by atoms with Crippen molar-refractivity contribution < 1.29 is 0 Å². The lowest BCUT2D eigenvalue weighted by molar-refractivity contribution is 1.41. The summed E-state index contributed by atoms with van der Waals surface area (Å²) in [6.07, 6.45) is 15.2. The van der Waals surface area contributed by atoms with Crippen LogP contribution in [0.25, 0.3) is 10.8 Å². The van der Waals surface area contributed by atoms with Crippen molar-refractivity contribution in [2.45, 2.75) is 0 Å². The molecule has 1 aromatic carbocycles. The van der Waals surface area contributed by atoms with Crippen LogP contribution in [0.1, 0.15) is 0 Å². The smallest absolute Gasteiger partial charge is 0.00843 e. The summed E-state index contributed by atoms with van der Waals surface area (Å²) in [5.74, 6) is 0. The van der Waals surface area contributed by atoms with Gasteiger partial charge >= 0.3 is 0 Å². The van der Waals surface area contributed by atoms with Crippen molar-refractivity contribution in [3.05, 3.63) is 110 Å². The molecule has 0 amide bonds. The summed E-state index contributed by atoms with van der Waals surface area (Å²) in [7, 11) is 0. The first kappa shape index (κ1) is 19.7. The van der Waals surface area contributed by atoms with Crippen LogP contribution in [0.15, 0.2) is 110 Å². The molecule has 4 N–H and O–H groups in total. The van der Waals surface area contributed by atoms with Crippen LogP contribution in [-0.4, -0.2) is 28.3 Å². The normalized spacial score (nSPS) is 8.48. The number of aromatic amines is 4. The average Bonchev–Trinajstić information content (AvgIpc) is 3.48. The fraction of sp³-hybridized carbons (Fsp3) is 0. The monoisotopic (exact) mass is 329 g/mol. The maximum absolute atomic E-state index is 3.04. The highest BCUT2D eigenvalue weighted by Gasteiger charge is 1.86. The van der Waals surface area contributed by atoms with Crippen LogP contribution in [0.2, 0.25) is 0 Å². The molecular formula is C20H22BN4. The molecule has 4 nitrogen and oxygen atoms in total. The van der Waals surface area contributed by atoms with Gasteiger partial charge in [0.1, 0.15) is 0 Å². The van der Waals surface area contributed by atoms with Gasteiger partial charge in [0.15, 0.2) is 0 Å². The van der Waals surface area contributed by atoms with Crippen LogP contribution >= 0.6 is 0 Å². The molecule has 0 atom stereocenters. The molecule has 5 rings (SSSR count). The van der Waals surface area contributed by atoms with Crippen molar-refractivity contribution >= 4 is 19.2 Å². The highest BCUT2D eigenvalue weighted by Crippen LogP contribution is 2.10. The lowest BCUT2D eigenvalue weighted by Crippen LogP contribution is -1.57. The van der Waals surface area contributed by atoms with Gasteiger partial charge in [-0.25, -0.2) is 0 Å². The van der Waals surface area contributed by atoms with Crippen LogP contribution in [0.5, 0.6) is 0 Å². The summed E-state index contributed by atoms with van der Waals surface area (Å²) in [5, 5.41) is 2.55. The molecule has 0 aliphatic carbocycles. The zero-order valence-corrected chi connectivity index (χ0v) is 14.0. The topological polar surface area (TPSA) is 63.2 Å². The predicted molar refractivity (Wildman–Crippen MR) is 106 cm³/mol. The van der Waals surface area contributed by atoms with Gasteiger partial charge in [-0.2, -0.15) is 0 Å². The van der Waals surface area contributed by atoms with Gasteiger partial charge in [0.05, 0.1) is 0 Å². The van der Waals surface area contributed by atoms with Crippen LogP contribution < -0.4 is 0 Å². The standard InChI is InChI=1S/C8H7N.3C4H5N.B/c1-2-4-8-6-9-5-7(8)3-1;3*1-2-4-5-3-1;/h1-6,9H;3*1-5H;. The molecular weight excluding hydrogens is 307 g/mol. The third-order valence-electron chi connectivity index (χ3n) is 2.96. The number of hydrogen-bond donors (Lipinski definition) is 4. The second-order valence-electron chi connectivity index (χ2n) is 4.74. The number of H-pyrrole nitrogens is 4. The molecule has 5 aromatic rings. The molecule has 25 heavy (non-hydrogen) atoms. The summed E-state index contributed by atoms with van der Waals surface area (Å²) >= 11 is 0. The summed E-state index contributed by atoms with van der Waals surface area (Å²) in [6.45, 7) is 0. The van der Waals surface area contributed by atoms with Crippen molar-refractivity contribution in [2.24, 2.45) is 0 Å². The van der Waals surface area contributed by atoms with Crippen LogP contribution in [-0.2, 0) is 0 Å². The van der Waals surface area contributed by atoms with Crippen LogP contribution in [0.3, 0.4) is 0 Å². The first-order valence-corrected chi connectivity index (χ1v) is 7.71. The lowest BCUT2D eigenvalue weighted by Gasteiger charge is -1.81. The van der Waals surface area contributed by atoms with Crippen molar-refractivity contribution in [3.63, 3.8) is 0 Å². The number of benzene rings is 1. The summed E-state index contributed by atoms with van der Waals surface area (Å²) in [6, 6.07) is 19.9. The number of rotatable bonds is 0. The Labute approximate surface area is 149 Å². The van der Waals surface area contributed by atoms with E-state index in [1.54, 1.807) is 0 Å². The number of nitrogens with one attached hydrogen (secondary N) is 4. The quantitative estimate of drug-likeness (QED) is 0.294.